The molecule has 0 spiro atoms. The topological polar surface area (TPSA) is 87.6 Å². The van der Waals surface area contributed by atoms with Crippen LogP contribution in [0.2, 0.25) is 0 Å². The van der Waals surface area contributed by atoms with Crippen LogP contribution in [0.3, 0.4) is 0 Å². The zero-order valence-corrected chi connectivity index (χ0v) is 12.0. The van der Waals surface area contributed by atoms with Crippen LogP contribution in [0.25, 0.3) is 0 Å². The van der Waals surface area contributed by atoms with E-state index in [1.165, 1.54) is 0 Å². The zero-order valence-electron chi connectivity index (χ0n) is 10.4. The first-order valence-corrected chi connectivity index (χ1v) is 6.20. The maximum Gasteiger partial charge on any atom is 0.243 e. The van der Waals surface area contributed by atoms with Crippen molar-refractivity contribution in [1.29, 1.82) is 0 Å². The number of amides is 1. The number of carbonyl (C=O) groups excluding carboxylic acids is 1. The van der Waals surface area contributed by atoms with Crippen LogP contribution in [0.5, 0.6) is 5.75 Å². The highest BCUT2D eigenvalue weighted by Gasteiger charge is 2.14. The van der Waals surface area contributed by atoms with Gasteiger partial charge in [-0.15, -0.1) is 0 Å². The third-order valence-corrected chi connectivity index (χ3v) is 3.31. The zero-order chi connectivity index (χ0) is 13.7. The number of halogens is 1. The number of primary amides is 1. The summed E-state index contributed by atoms with van der Waals surface area (Å²) >= 11 is 3.44. The first kappa shape index (κ1) is 14.9. The molecule has 0 radical (unpaired) electrons. The van der Waals surface area contributed by atoms with Crippen LogP contribution < -0.4 is 16.2 Å². The highest BCUT2D eigenvalue weighted by atomic mass is 79.9. The lowest BCUT2D eigenvalue weighted by Crippen LogP contribution is -2.23. The molecule has 0 aliphatic carbocycles. The molecule has 1 rings (SSSR count). The van der Waals surface area contributed by atoms with E-state index in [1.54, 1.807) is 7.11 Å². The van der Waals surface area contributed by atoms with Gasteiger partial charge in [-0.1, -0.05) is 15.9 Å². The molecule has 1 unspecified atom stereocenters. The molecule has 0 heterocycles. The summed E-state index contributed by atoms with van der Waals surface area (Å²) < 4.78 is 11.3. The smallest absolute Gasteiger partial charge is 0.243 e. The van der Waals surface area contributed by atoms with E-state index in [1.807, 2.05) is 19.1 Å². The molecule has 5 nitrogen and oxygen atoms in total. The van der Waals surface area contributed by atoms with E-state index >= 15 is 0 Å². The van der Waals surface area contributed by atoms with Gasteiger partial charge in [0.05, 0.1) is 19.8 Å². The average molecular weight is 317 g/mol. The maximum atomic E-state index is 10.6. The van der Waals surface area contributed by atoms with Crippen LogP contribution in [0, 0.1) is 6.92 Å². The molecule has 0 aliphatic rings. The van der Waals surface area contributed by atoms with Crippen LogP contribution in [0.15, 0.2) is 16.6 Å². The van der Waals surface area contributed by atoms with Gasteiger partial charge in [0.25, 0.3) is 0 Å². The number of nitrogens with two attached hydrogens (primary N) is 2. The average Bonchev–Trinajstić information content (AvgIpc) is 2.31. The molecule has 1 amide bonds. The number of benzene rings is 1. The molecule has 1 aromatic carbocycles. The van der Waals surface area contributed by atoms with Crippen molar-refractivity contribution in [2.24, 2.45) is 11.5 Å². The minimum Gasteiger partial charge on any atom is -0.496 e. The minimum absolute atomic E-state index is 0.136. The molecule has 0 saturated carbocycles. The van der Waals surface area contributed by atoms with Gasteiger partial charge in [0.15, 0.2) is 0 Å². The Morgan fingerprint density at radius 3 is 2.72 bits per heavy atom. The van der Waals surface area contributed by atoms with E-state index in [-0.39, 0.29) is 19.3 Å². The van der Waals surface area contributed by atoms with Crippen molar-refractivity contribution in [3.05, 3.63) is 27.7 Å². The molecule has 1 atom stereocenters. The Labute approximate surface area is 115 Å². The number of rotatable bonds is 6. The molecule has 4 N–H and O–H groups in total. The fourth-order valence-corrected chi connectivity index (χ4v) is 1.87. The number of ether oxygens (including phenoxy) is 2. The maximum absolute atomic E-state index is 10.6. The third kappa shape index (κ3) is 3.97. The molecular weight excluding hydrogens is 300 g/mol. The summed E-state index contributed by atoms with van der Waals surface area (Å²) in [4.78, 5) is 10.6. The van der Waals surface area contributed by atoms with E-state index < -0.39 is 5.91 Å². The normalized spacial score (nSPS) is 12.2. The first-order chi connectivity index (χ1) is 8.45. The third-order valence-electron chi connectivity index (χ3n) is 2.45. The Hall–Kier alpha value is -1.11. The Morgan fingerprint density at radius 1 is 1.50 bits per heavy atom. The molecule has 100 valence electrons. The number of hydrogen-bond acceptors (Lipinski definition) is 4. The van der Waals surface area contributed by atoms with Gasteiger partial charge in [-0.05, 0) is 24.6 Å². The van der Waals surface area contributed by atoms with Crippen molar-refractivity contribution in [1.82, 2.24) is 0 Å². The van der Waals surface area contributed by atoms with Gasteiger partial charge in [0, 0.05) is 10.0 Å². The summed E-state index contributed by atoms with van der Waals surface area (Å²) in [5.41, 5.74) is 12.9. The molecule has 0 aliphatic heterocycles. The second kappa shape index (κ2) is 6.72. The monoisotopic (exact) mass is 316 g/mol. The minimum atomic E-state index is -0.515. The second-order valence-electron chi connectivity index (χ2n) is 3.93. The van der Waals surface area contributed by atoms with Crippen LogP contribution in [0.4, 0.5) is 0 Å². The lowest BCUT2D eigenvalue weighted by Gasteiger charge is -2.17. The molecule has 18 heavy (non-hydrogen) atoms. The van der Waals surface area contributed by atoms with E-state index in [0.29, 0.717) is 5.75 Å². The molecule has 6 heteroatoms. The van der Waals surface area contributed by atoms with Crippen molar-refractivity contribution < 1.29 is 14.3 Å². The van der Waals surface area contributed by atoms with Crippen LogP contribution >= 0.6 is 15.9 Å². The lowest BCUT2D eigenvalue weighted by atomic mass is 10.0. The molecule has 0 fully saturated rings. The van der Waals surface area contributed by atoms with E-state index in [9.17, 15) is 4.79 Å². The van der Waals surface area contributed by atoms with Crippen molar-refractivity contribution in [3.8, 4) is 5.75 Å². The Kier molecular flexibility index (Phi) is 5.58. The summed E-state index contributed by atoms with van der Waals surface area (Å²) in [6.07, 6.45) is 0. The largest absolute Gasteiger partial charge is 0.496 e. The predicted molar refractivity (Wildman–Crippen MR) is 72.4 cm³/mol. The van der Waals surface area contributed by atoms with Gasteiger partial charge in [-0.3, -0.25) is 4.79 Å². The van der Waals surface area contributed by atoms with Crippen molar-refractivity contribution in [2.75, 3.05) is 20.3 Å². The van der Waals surface area contributed by atoms with Gasteiger partial charge in [-0.25, -0.2) is 0 Å². The van der Waals surface area contributed by atoms with Crippen LogP contribution in [0.1, 0.15) is 17.2 Å². The lowest BCUT2D eigenvalue weighted by molar-refractivity contribution is -0.122. The van der Waals surface area contributed by atoms with Crippen LogP contribution in [-0.4, -0.2) is 26.2 Å². The SMILES string of the molecule is COc1cc(C)c(Br)cc1C(N)COCC(N)=O. The Bertz CT molecular complexity index is 438. The van der Waals surface area contributed by atoms with Crippen molar-refractivity contribution in [2.45, 2.75) is 13.0 Å². The molecule has 0 aromatic heterocycles. The van der Waals surface area contributed by atoms with Gasteiger partial charge < -0.3 is 20.9 Å². The summed E-state index contributed by atoms with van der Waals surface area (Å²) in [6, 6.07) is 3.41. The fraction of sp³-hybridized carbons (Fsp3) is 0.417. The van der Waals surface area contributed by atoms with Gasteiger partial charge in [0.2, 0.25) is 5.91 Å². The van der Waals surface area contributed by atoms with Crippen molar-refractivity contribution in [3.63, 3.8) is 0 Å². The van der Waals surface area contributed by atoms with E-state index in [2.05, 4.69) is 15.9 Å². The van der Waals surface area contributed by atoms with Gasteiger partial charge in [0.1, 0.15) is 12.4 Å². The second-order valence-corrected chi connectivity index (χ2v) is 4.79. The van der Waals surface area contributed by atoms with Gasteiger partial charge >= 0.3 is 0 Å². The Balaban J connectivity index is 2.80. The quantitative estimate of drug-likeness (QED) is 0.827. The summed E-state index contributed by atoms with van der Waals surface area (Å²) in [5, 5.41) is 0. The number of aryl methyl sites for hydroxylation is 1. The standard InChI is InChI=1S/C12H17BrN2O3/c1-7-3-11(17-2)8(4-9(7)13)10(14)5-18-6-12(15)16/h3-4,10H,5-6,14H2,1-2H3,(H2,15,16). The molecule has 0 bridgehead atoms. The van der Waals surface area contributed by atoms with Crippen LogP contribution in [-0.2, 0) is 9.53 Å². The predicted octanol–water partition coefficient (Wildman–Crippen LogP) is 1.27. The highest BCUT2D eigenvalue weighted by molar-refractivity contribution is 9.10. The fourth-order valence-electron chi connectivity index (χ4n) is 1.51. The van der Waals surface area contributed by atoms with E-state index in [4.69, 9.17) is 20.9 Å². The molecule has 1 aromatic rings. The van der Waals surface area contributed by atoms with Crippen molar-refractivity contribution >= 4 is 21.8 Å². The summed E-state index contributed by atoms with van der Waals surface area (Å²) in [6.45, 7) is 2.03. The summed E-state index contributed by atoms with van der Waals surface area (Å²) in [5.74, 6) is 0.185. The summed E-state index contributed by atoms with van der Waals surface area (Å²) in [7, 11) is 1.59. The highest BCUT2D eigenvalue weighted by Crippen LogP contribution is 2.30. The molecular formula is C12H17BrN2O3. The first-order valence-electron chi connectivity index (χ1n) is 5.41. The van der Waals surface area contributed by atoms with Gasteiger partial charge in [-0.2, -0.15) is 0 Å². The number of hydrogen-bond donors (Lipinski definition) is 2. The number of carbonyl (C=O) groups is 1. The van der Waals surface area contributed by atoms with E-state index in [0.717, 1.165) is 15.6 Å². The molecule has 0 saturated heterocycles. The Morgan fingerprint density at radius 2 is 2.17 bits per heavy atom. The number of methoxy groups -OCH3 is 1.